The van der Waals surface area contributed by atoms with Crippen LogP contribution in [0.2, 0.25) is 0 Å². The van der Waals surface area contributed by atoms with Crippen molar-refractivity contribution in [1.82, 2.24) is 0 Å². The molecule has 0 saturated heterocycles. The van der Waals surface area contributed by atoms with Gasteiger partial charge in [-0.2, -0.15) is 0 Å². The average molecular weight is 248 g/mol. The molecule has 1 aromatic rings. The maximum absolute atomic E-state index is 11.9. The number of carbonyl (C=O) groups excluding carboxylic acids is 1. The van der Waals surface area contributed by atoms with Crippen LogP contribution in [-0.2, 0) is 16.0 Å². The summed E-state index contributed by atoms with van der Waals surface area (Å²) in [5, 5.41) is 6.21. The maximum atomic E-state index is 11.9. The van der Waals surface area contributed by atoms with E-state index in [4.69, 9.17) is 4.74 Å². The summed E-state index contributed by atoms with van der Waals surface area (Å²) >= 11 is 0. The van der Waals surface area contributed by atoms with Crippen molar-refractivity contribution in [2.24, 2.45) is 0 Å². The fraction of sp³-hybridized carbons (Fsp3) is 0.500. The van der Waals surface area contributed by atoms with Gasteiger partial charge in [-0.1, -0.05) is 0 Å². The van der Waals surface area contributed by atoms with Gasteiger partial charge < -0.3 is 15.4 Å². The number of methoxy groups -OCH3 is 1. The highest BCUT2D eigenvalue weighted by Crippen LogP contribution is 2.25. The third-order valence-electron chi connectivity index (χ3n) is 3.24. The van der Waals surface area contributed by atoms with Gasteiger partial charge in [0.2, 0.25) is 5.91 Å². The Hall–Kier alpha value is -1.55. The average Bonchev–Trinajstić information content (AvgIpc) is 2.75. The van der Waals surface area contributed by atoms with E-state index in [1.165, 1.54) is 11.3 Å². The number of carbonyl (C=O) groups is 1. The zero-order valence-corrected chi connectivity index (χ0v) is 11.2. The van der Waals surface area contributed by atoms with Crippen LogP contribution in [-0.4, -0.2) is 25.2 Å². The number of amides is 1. The number of fused-ring (bicyclic) bond motifs is 1. The number of benzene rings is 1. The Morgan fingerprint density at radius 2 is 2.28 bits per heavy atom. The SMILES string of the molecule is COC(C)(C)CC(=O)Nc1ccc2c(c1)CCN2. The molecule has 0 radical (unpaired) electrons. The first-order valence-corrected chi connectivity index (χ1v) is 6.22. The summed E-state index contributed by atoms with van der Waals surface area (Å²) in [7, 11) is 1.62. The van der Waals surface area contributed by atoms with E-state index in [0.29, 0.717) is 6.42 Å². The quantitative estimate of drug-likeness (QED) is 0.860. The van der Waals surface area contributed by atoms with Crippen molar-refractivity contribution in [2.75, 3.05) is 24.3 Å². The molecule has 0 aromatic heterocycles. The van der Waals surface area contributed by atoms with Crippen LogP contribution in [0.4, 0.5) is 11.4 Å². The van der Waals surface area contributed by atoms with Gasteiger partial charge in [0.15, 0.2) is 0 Å². The normalized spacial score (nSPS) is 13.9. The highest BCUT2D eigenvalue weighted by Gasteiger charge is 2.21. The van der Waals surface area contributed by atoms with Gasteiger partial charge in [-0.25, -0.2) is 0 Å². The Labute approximate surface area is 108 Å². The summed E-state index contributed by atoms with van der Waals surface area (Å²) < 4.78 is 5.25. The van der Waals surface area contributed by atoms with Crippen molar-refractivity contribution in [1.29, 1.82) is 0 Å². The Morgan fingerprint density at radius 1 is 1.50 bits per heavy atom. The van der Waals surface area contributed by atoms with Crippen LogP contribution in [0.25, 0.3) is 0 Å². The predicted octanol–water partition coefficient (Wildman–Crippen LogP) is 2.41. The van der Waals surface area contributed by atoms with E-state index in [1.807, 2.05) is 32.0 Å². The fourth-order valence-electron chi connectivity index (χ4n) is 2.05. The van der Waals surface area contributed by atoms with Gasteiger partial charge in [0, 0.05) is 25.0 Å². The molecule has 2 N–H and O–H groups in total. The summed E-state index contributed by atoms with van der Waals surface area (Å²) in [5.41, 5.74) is 2.86. The molecule has 98 valence electrons. The molecule has 1 aromatic carbocycles. The lowest BCUT2D eigenvalue weighted by Gasteiger charge is -2.22. The molecule has 2 rings (SSSR count). The second-order valence-electron chi connectivity index (χ2n) is 5.24. The molecule has 4 heteroatoms. The van der Waals surface area contributed by atoms with E-state index in [9.17, 15) is 4.79 Å². The molecular weight excluding hydrogens is 228 g/mol. The lowest BCUT2D eigenvalue weighted by atomic mass is 10.0. The van der Waals surface area contributed by atoms with Gasteiger partial charge in [-0.15, -0.1) is 0 Å². The third-order valence-corrected chi connectivity index (χ3v) is 3.24. The molecule has 0 atom stereocenters. The number of hydrogen-bond donors (Lipinski definition) is 2. The van der Waals surface area contributed by atoms with E-state index in [-0.39, 0.29) is 5.91 Å². The third kappa shape index (κ3) is 3.01. The molecule has 1 aliphatic rings. The number of hydrogen-bond acceptors (Lipinski definition) is 3. The molecule has 18 heavy (non-hydrogen) atoms. The summed E-state index contributed by atoms with van der Waals surface area (Å²) in [6.45, 7) is 4.78. The number of ether oxygens (including phenoxy) is 1. The Balaban J connectivity index is 1.99. The van der Waals surface area contributed by atoms with Crippen molar-refractivity contribution >= 4 is 17.3 Å². The van der Waals surface area contributed by atoms with E-state index >= 15 is 0 Å². The largest absolute Gasteiger partial charge is 0.384 e. The van der Waals surface area contributed by atoms with Gasteiger partial charge in [0.1, 0.15) is 0 Å². The summed E-state index contributed by atoms with van der Waals surface area (Å²) in [6, 6.07) is 5.97. The summed E-state index contributed by atoms with van der Waals surface area (Å²) in [4.78, 5) is 11.9. The molecule has 0 fully saturated rings. The lowest BCUT2D eigenvalue weighted by Crippen LogP contribution is -2.29. The van der Waals surface area contributed by atoms with Crippen LogP contribution in [0.15, 0.2) is 18.2 Å². The minimum Gasteiger partial charge on any atom is -0.384 e. The van der Waals surface area contributed by atoms with E-state index in [1.54, 1.807) is 7.11 Å². The Bertz CT molecular complexity index is 455. The van der Waals surface area contributed by atoms with E-state index in [0.717, 1.165) is 18.7 Å². The molecule has 0 spiro atoms. The monoisotopic (exact) mass is 248 g/mol. The molecule has 1 heterocycles. The van der Waals surface area contributed by atoms with Crippen molar-refractivity contribution in [3.8, 4) is 0 Å². The van der Waals surface area contributed by atoms with Gasteiger partial charge in [0.25, 0.3) is 0 Å². The van der Waals surface area contributed by atoms with Gasteiger partial charge in [-0.3, -0.25) is 4.79 Å². The topological polar surface area (TPSA) is 50.4 Å². The molecule has 0 bridgehead atoms. The van der Waals surface area contributed by atoms with Crippen LogP contribution in [0, 0.1) is 0 Å². The molecule has 1 amide bonds. The van der Waals surface area contributed by atoms with Crippen LogP contribution in [0.1, 0.15) is 25.8 Å². The zero-order chi connectivity index (χ0) is 13.2. The highest BCUT2D eigenvalue weighted by molar-refractivity contribution is 5.91. The molecule has 0 unspecified atom stereocenters. The standard InChI is InChI=1S/C14H20N2O2/c1-14(2,18-3)9-13(17)16-11-4-5-12-10(8-11)6-7-15-12/h4-5,8,15H,6-7,9H2,1-3H3,(H,16,17). The Morgan fingerprint density at radius 3 is 3.00 bits per heavy atom. The molecule has 1 aliphatic heterocycles. The number of anilines is 2. The van der Waals surface area contributed by atoms with Crippen LogP contribution in [0.3, 0.4) is 0 Å². The second-order valence-corrected chi connectivity index (χ2v) is 5.24. The Kier molecular flexibility index (Phi) is 3.57. The molecule has 4 nitrogen and oxygen atoms in total. The molecule has 0 aliphatic carbocycles. The van der Waals surface area contributed by atoms with E-state index < -0.39 is 5.60 Å². The van der Waals surface area contributed by atoms with Gasteiger partial charge in [-0.05, 0) is 44.0 Å². The lowest BCUT2D eigenvalue weighted by molar-refractivity contribution is -0.121. The van der Waals surface area contributed by atoms with Crippen molar-refractivity contribution in [3.63, 3.8) is 0 Å². The minimum absolute atomic E-state index is 0.0206. The van der Waals surface area contributed by atoms with Crippen LogP contribution < -0.4 is 10.6 Å². The second kappa shape index (κ2) is 4.98. The summed E-state index contributed by atoms with van der Waals surface area (Å²) in [5.74, 6) is -0.0206. The maximum Gasteiger partial charge on any atom is 0.227 e. The number of rotatable bonds is 4. The van der Waals surface area contributed by atoms with Crippen molar-refractivity contribution in [3.05, 3.63) is 23.8 Å². The van der Waals surface area contributed by atoms with E-state index in [2.05, 4.69) is 10.6 Å². The van der Waals surface area contributed by atoms with Crippen LogP contribution in [0.5, 0.6) is 0 Å². The molecule has 0 saturated carbocycles. The van der Waals surface area contributed by atoms with Crippen molar-refractivity contribution < 1.29 is 9.53 Å². The highest BCUT2D eigenvalue weighted by atomic mass is 16.5. The van der Waals surface area contributed by atoms with Gasteiger partial charge in [0.05, 0.1) is 12.0 Å². The summed E-state index contributed by atoms with van der Waals surface area (Å²) in [6.07, 6.45) is 1.36. The smallest absolute Gasteiger partial charge is 0.227 e. The minimum atomic E-state index is -0.428. The zero-order valence-electron chi connectivity index (χ0n) is 11.2. The number of nitrogens with one attached hydrogen (secondary N) is 2. The first kappa shape index (κ1) is 12.9. The first-order valence-electron chi connectivity index (χ1n) is 6.22. The fourth-order valence-corrected chi connectivity index (χ4v) is 2.05. The molecular formula is C14H20N2O2. The predicted molar refractivity (Wildman–Crippen MR) is 73.0 cm³/mol. The van der Waals surface area contributed by atoms with Gasteiger partial charge >= 0.3 is 0 Å². The van der Waals surface area contributed by atoms with Crippen LogP contribution >= 0.6 is 0 Å². The van der Waals surface area contributed by atoms with Crippen molar-refractivity contribution in [2.45, 2.75) is 32.3 Å². The first-order chi connectivity index (χ1) is 8.50.